The number of aromatic nitrogens is 6. The van der Waals surface area contributed by atoms with E-state index in [9.17, 15) is 4.79 Å². The fourth-order valence-electron chi connectivity index (χ4n) is 4.73. The van der Waals surface area contributed by atoms with Crippen LogP contribution in [0.3, 0.4) is 0 Å². The number of carbonyl (C=O) groups excluding carboxylic acids is 1. The molecule has 0 radical (unpaired) electrons. The molecule has 0 unspecified atom stereocenters. The molecule has 0 aliphatic carbocycles. The van der Waals surface area contributed by atoms with Crippen molar-refractivity contribution in [1.82, 2.24) is 29.9 Å². The lowest BCUT2D eigenvalue weighted by Gasteiger charge is -2.34. The third kappa shape index (κ3) is 3.60. The van der Waals surface area contributed by atoms with E-state index < -0.39 is 0 Å². The van der Waals surface area contributed by atoms with E-state index in [0.29, 0.717) is 31.3 Å². The van der Waals surface area contributed by atoms with E-state index in [1.165, 1.54) is 0 Å². The second-order valence-corrected chi connectivity index (χ2v) is 8.78. The SMILES string of the molecule is C[C@@H]1COCCN1c1cc(-c2ccc(N3CCCCC3=O)nc2)c2cnn(-c3cc[nH]n3)c2n1. The van der Waals surface area contributed by atoms with Crippen LogP contribution < -0.4 is 9.80 Å². The van der Waals surface area contributed by atoms with Crippen molar-refractivity contribution in [1.29, 1.82) is 0 Å². The summed E-state index contributed by atoms with van der Waals surface area (Å²) in [7, 11) is 0. The summed E-state index contributed by atoms with van der Waals surface area (Å²) in [6.45, 7) is 4.96. The average molecular weight is 459 g/mol. The second kappa shape index (κ2) is 8.53. The number of amides is 1. The van der Waals surface area contributed by atoms with Crippen LogP contribution in [0.15, 0.2) is 42.9 Å². The third-order valence-corrected chi connectivity index (χ3v) is 6.55. The zero-order valence-corrected chi connectivity index (χ0v) is 19.0. The minimum absolute atomic E-state index is 0.140. The quantitative estimate of drug-likeness (QED) is 0.501. The number of hydrogen-bond donors (Lipinski definition) is 1. The Labute approximate surface area is 196 Å². The molecule has 1 amide bonds. The molecule has 0 aromatic carbocycles. The Kier molecular flexibility index (Phi) is 5.21. The van der Waals surface area contributed by atoms with Crippen LogP contribution in [0, 0.1) is 0 Å². The Morgan fingerprint density at radius 3 is 2.79 bits per heavy atom. The number of ether oxygens (including phenoxy) is 1. The van der Waals surface area contributed by atoms with Crippen LogP contribution in [0.4, 0.5) is 11.6 Å². The van der Waals surface area contributed by atoms with E-state index in [0.717, 1.165) is 53.9 Å². The molecule has 174 valence electrons. The molecule has 2 aliphatic rings. The fraction of sp³-hybridized carbons (Fsp3) is 0.375. The number of nitrogens with zero attached hydrogens (tertiary/aromatic N) is 7. The highest BCUT2D eigenvalue weighted by Crippen LogP contribution is 2.33. The van der Waals surface area contributed by atoms with E-state index in [1.54, 1.807) is 15.8 Å². The molecule has 10 nitrogen and oxygen atoms in total. The van der Waals surface area contributed by atoms with Gasteiger partial charge in [0.1, 0.15) is 11.6 Å². The number of H-pyrrole nitrogens is 1. The van der Waals surface area contributed by atoms with Gasteiger partial charge in [-0.25, -0.2) is 9.97 Å². The number of rotatable bonds is 4. The van der Waals surface area contributed by atoms with Crippen molar-refractivity contribution in [3.63, 3.8) is 0 Å². The Balaban J connectivity index is 1.46. The fourth-order valence-corrected chi connectivity index (χ4v) is 4.73. The lowest BCUT2D eigenvalue weighted by atomic mass is 10.0. The number of piperidine rings is 1. The lowest BCUT2D eigenvalue weighted by molar-refractivity contribution is -0.119. The largest absolute Gasteiger partial charge is 0.377 e. The first-order valence-electron chi connectivity index (χ1n) is 11.7. The van der Waals surface area contributed by atoms with Crippen LogP contribution in [0.5, 0.6) is 0 Å². The summed E-state index contributed by atoms with van der Waals surface area (Å²) < 4.78 is 7.39. The van der Waals surface area contributed by atoms with Crippen molar-refractivity contribution in [2.75, 3.05) is 36.1 Å². The van der Waals surface area contributed by atoms with Gasteiger partial charge in [0.25, 0.3) is 0 Å². The monoisotopic (exact) mass is 458 g/mol. The van der Waals surface area contributed by atoms with Gasteiger partial charge < -0.3 is 9.64 Å². The lowest BCUT2D eigenvalue weighted by Crippen LogP contribution is -2.44. The molecule has 2 aliphatic heterocycles. The van der Waals surface area contributed by atoms with Gasteiger partial charge in [-0.3, -0.25) is 14.8 Å². The minimum atomic E-state index is 0.140. The molecule has 6 rings (SSSR count). The summed E-state index contributed by atoms with van der Waals surface area (Å²) in [5.41, 5.74) is 2.67. The van der Waals surface area contributed by atoms with Crippen LogP contribution in [-0.2, 0) is 9.53 Å². The summed E-state index contributed by atoms with van der Waals surface area (Å²) >= 11 is 0. The summed E-state index contributed by atoms with van der Waals surface area (Å²) in [4.78, 5) is 26.0. The van der Waals surface area contributed by atoms with Crippen LogP contribution in [-0.4, -0.2) is 68.2 Å². The van der Waals surface area contributed by atoms with E-state index in [2.05, 4.69) is 38.2 Å². The number of anilines is 2. The summed E-state index contributed by atoms with van der Waals surface area (Å²) in [6, 6.07) is 8.13. The molecule has 4 aromatic heterocycles. The van der Waals surface area contributed by atoms with Gasteiger partial charge in [-0.1, -0.05) is 0 Å². The van der Waals surface area contributed by atoms with E-state index >= 15 is 0 Å². The summed E-state index contributed by atoms with van der Waals surface area (Å²) in [5.74, 6) is 2.39. The molecule has 6 heterocycles. The molecule has 2 saturated heterocycles. The zero-order valence-electron chi connectivity index (χ0n) is 19.0. The van der Waals surface area contributed by atoms with Gasteiger partial charge >= 0.3 is 0 Å². The third-order valence-electron chi connectivity index (χ3n) is 6.55. The van der Waals surface area contributed by atoms with Crippen LogP contribution in [0.1, 0.15) is 26.2 Å². The average Bonchev–Trinajstić information content (AvgIpc) is 3.54. The molecule has 0 spiro atoms. The van der Waals surface area contributed by atoms with Crippen molar-refractivity contribution in [3.05, 3.63) is 42.9 Å². The Hall–Kier alpha value is -3.79. The number of nitrogens with one attached hydrogen (secondary N) is 1. The van der Waals surface area contributed by atoms with E-state index in [1.807, 2.05) is 30.6 Å². The second-order valence-electron chi connectivity index (χ2n) is 8.78. The standard InChI is InChI=1S/C24H26N8O2/c1-16-15-34-11-10-30(16)22-12-18(19-14-27-32(24(19)28-22)21-7-8-26-29-21)17-5-6-20(25-13-17)31-9-3-2-4-23(31)33/h5-8,12-14,16H,2-4,9-11,15H2,1H3,(H,26,29)/t16-/m1/s1. The molecule has 34 heavy (non-hydrogen) atoms. The van der Waals surface area contributed by atoms with Gasteiger partial charge in [-0.15, -0.1) is 0 Å². The first-order valence-corrected chi connectivity index (χ1v) is 11.7. The highest BCUT2D eigenvalue weighted by Gasteiger charge is 2.24. The van der Waals surface area contributed by atoms with Gasteiger partial charge in [0, 0.05) is 48.9 Å². The Morgan fingerprint density at radius 1 is 1.09 bits per heavy atom. The highest BCUT2D eigenvalue weighted by molar-refractivity contribution is 5.96. The van der Waals surface area contributed by atoms with Crippen LogP contribution >= 0.6 is 0 Å². The van der Waals surface area contributed by atoms with Gasteiger partial charge in [-0.2, -0.15) is 14.9 Å². The number of hydrogen-bond acceptors (Lipinski definition) is 7. The molecular weight excluding hydrogens is 432 g/mol. The molecule has 2 fully saturated rings. The molecule has 1 N–H and O–H groups in total. The summed E-state index contributed by atoms with van der Waals surface area (Å²) in [6.07, 6.45) is 7.97. The Morgan fingerprint density at radius 2 is 2.03 bits per heavy atom. The van der Waals surface area contributed by atoms with Crippen molar-refractivity contribution in [3.8, 4) is 16.9 Å². The number of morpholine rings is 1. The van der Waals surface area contributed by atoms with Crippen LogP contribution in [0.25, 0.3) is 28.0 Å². The predicted octanol–water partition coefficient (Wildman–Crippen LogP) is 2.95. The van der Waals surface area contributed by atoms with Gasteiger partial charge in [0.15, 0.2) is 11.5 Å². The van der Waals surface area contributed by atoms with Crippen LogP contribution in [0.2, 0.25) is 0 Å². The Bertz CT molecular complexity index is 1320. The van der Waals surface area contributed by atoms with E-state index in [-0.39, 0.29) is 11.9 Å². The minimum Gasteiger partial charge on any atom is -0.377 e. The molecular formula is C24H26N8O2. The van der Waals surface area contributed by atoms with E-state index in [4.69, 9.17) is 9.72 Å². The van der Waals surface area contributed by atoms with Gasteiger partial charge in [-0.05, 0) is 43.5 Å². The van der Waals surface area contributed by atoms with Gasteiger partial charge in [0.05, 0.1) is 25.5 Å². The molecule has 10 heteroatoms. The number of pyridine rings is 2. The number of fused-ring (bicyclic) bond motifs is 1. The van der Waals surface area contributed by atoms with Crippen molar-refractivity contribution >= 4 is 28.6 Å². The zero-order chi connectivity index (χ0) is 23.1. The smallest absolute Gasteiger partial charge is 0.228 e. The molecule has 0 bridgehead atoms. The highest BCUT2D eigenvalue weighted by atomic mass is 16.5. The van der Waals surface area contributed by atoms with Crippen molar-refractivity contribution in [2.24, 2.45) is 0 Å². The molecule has 0 saturated carbocycles. The maximum atomic E-state index is 12.3. The summed E-state index contributed by atoms with van der Waals surface area (Å²) in [5, 5.41) is 12.6. The molecule has 1 atom stereocenters. The van der Waals surface area contributed by atoms with Crippen molar-refractivity contribution in [2.45, 2.75) is 32.2 Å². The van der Waals surface area contributed by atoms with Gasteiger partial charge in [0.2, 0.25) is 5.91 Å². The maximum absolute atomic E-state index is 12.3. The predicted molar refractivity (Wildman–Crippen MR) is 128 cm³/mol. The normalized spacial score (nSPS) is 19.2. The maximum Gasteiger partial charge on any atom is 0.228 e. The number of carbonyl (C=O) groups is 1. The molecule has 4 aromatic rings. The number of aromatic amines is 1. The van der Waals surface area contributed by atoms with Crippen molar-refractivity contribution < 1.29 is 9.53 Å². The first kappa shape index (κ1) is 20.8. The topological polar surface area (TPSA) is 105 Å². The first-order chi connectivity index (χ1) is 16.7.